The second-order valence-electron chi connectivity index (χ2n) is 8.93. The Bertz CT molecular complexity index is 521. The maximum absolute atomic E-state index is 10.9. The topological polar surface area (TPSA) is 35.5 Å². The second-order valence-corrected chi connectivity index (χ2v) is 8.93. The Hall–Kier alpha value is -0.480. The molecule has 1 aliphatic rings. The van der Waals surface area contributed by atoms with Crippen molar-refractivity contribution >= 4 is 24.8 Å². The van der Waals surface area contributed by atoms with E-state index in [0.29, 0.717) is 11.8 Å². The molecule has 1 heterocycles. The molecule has 1 aliphatic heterocycles. The van der Waals surface area contributed by atoms with E-state index in [4.69, 9.17) is 0 Å². The summed E-state index contributed by atoms with van der Waals surface area (Å²) < 4.78 is 0. The Labute approximate surface area is 166 Å². The van der Waals surface area contributed by atoms with Crippen molar-refractivity contribution in [2.75, 3.05) is 26.2 Å². The van der Waals surface area contributed by atoms with Crippen LogP contribution in [-0.4, -0.2) is 36.2 Å². The van der Waals surface area contributed by atoms with Crippen LogP contribution in [0.25, 0.3) is 0 Å². The van der Waals surface area contributed by atoms with E-state index in [1.54, 1.807) is 0 Å². The normalized spacial score (nSPS) is 17.4. The molecular formula is C20H36Cl2N2O. The number of piperazine rings is 1. The van der Waals surface area contributed by atoms with E-state index in [9.17, 15) is 5.11 Å². The van der Waals surface area contributed by atoms with Gasteiger partial charge in [-0.3, -0.25) is 4.90 Å². The molecule has 0 spiro atoms. The molecule has 0 unspecified atom stereocenters. The molecule has 1 aromatic carbocycles. The van der Waals surface area contributed by atoms with E-state index in [1.807, 2.05) is 0 Å². The highest BCUT2D eigenvalue weighted by Crippen LogP contribution is 2.41. The summed E-state index contributed by atoms with van der Waals surface area (Å²) in [4.78, 5) is 2.53. The van der Waals surface area contributed by atoms with Gasteiger partial charge in [-0.2, -0.15) is 0 Å². The molecule has 1 aromatic rings. The third-order valence-corrected chi connectivity index (χ3v) is 4.93. The van der Waals surface area contributed by atoms with Gasteiger partial charge in [0.1, 0.15) is 5.75 Å². The van der Waals surface area contributed by atoms with Crippen molar-refractivity contribution in [3.63, 3.8) is 0 Å². The smallest absolute Gasteiger partial charge is 0.123 e. The van der Waals surface area contributed by atoms with Crippen LogP contribution in [-0.2, 0) is 10.8 Å². The Morgan fingerprint density at radius 2 is 1.32 bits per heavy atom. The van der Waals surface area contributed by atoms with Gasteiger partial charge in [0, 0.05) is 32.2 Å². The lowest BCUT2D eigenvalue weighted by molar-refractivity contribution is 0.185. The first-order valence-corrected chi connectivity index (χ1v) is 8.84. The van der Waals surface area contributed by atoms with Crippen LogP contribution >= 0.6 is 24.8 Å². The lowest BCUT2D eigenvalue weighted by Gasteiger charge is -2.35. The molecule has 25 heavy (non-hydrogen) atoms. The van der Waals surface area contributed by atoms with Gasteiger partial charge in [-0.05, 0) is 46.6 Å². The zero-order chi connectivity index (χ0) is 17.4. The number of halogens is 2. The summed E-state index contributed by atoms with van der Waals surface area (Å²) >= 11 is 0. The molecule has 3 nitrogen and oxygen atoms in total. The standard InChI is InChI=1S/C20H34N2O.2ClH/c1-14(22-10-8-21-9-11-22)15-12-16(19(2,3)4)18(23)17(13-15)20(5,6)7;;/h12-14,21,23H,8-11H2,1-7H3;2*1H/t14-;;/m1../s1. The maximum atomic E-state index is 10.9. The van der Waals surface area contributed by atoms with Gasteiger partial charge >= 0.3 is 0 Å². The molecule has 1 atom stereocenters. The lowest BCUT2D eigenvalue weighted by Crippen LogP contribution is -2.44. The number of nitrogens with zero attached hydrogens (tertiary/aromatic N) is 1. The van der Waals surface area contributed by atoms with Crippen molar-refractivity contribution in [1.82, 2.24) is 10.2 Å². The summed E-state index contributed by atoms with van der Waals surface area (Å²) in [6, 6.07) is 4.81. The van der Waals surface area contributed by atoms with Gasteiger partial charge in [-0.25, -0.2) is 0 Å². The summed E-state index contributed by atoms with van der Waals surface area (Å²) in [7, 11) is 0. The number of rotatable bonds is 2. The zero-order valence-corrected chi connectivity index (χ0v) is 18.4. The van der Waals surface area contributed by atoms with Crippen LogP contribution in [0.1, 0.15) is 71.2 Å². The van der Waals surface area contributed by atoms with Crippen LogP contribution in [0.15, 0.2) is 12.1 Å². The fourth-order valence-corrected chi connectivity index (χ4v) is 3.32. The molecule has 146 valence electrons. The van der Waals surface area contributed by atoms with Gasteiger partial charge in [0.25, 0.3) is 0 Å². The van der Waals surface area contributed by atoms with Gasteiger partial charge in [0.2, 0.25) is 0 Å². The van der Waals surface area contributed by atoms with Crippen molar-refractivity contribution in [1.29, 1.82) is 0 Å². The van der Waals surface area contributed by atoms with E-state index in [2.05, 4.69) is 70.8 Å². The third-order valence-electron chi connectivity index (χ3n) is 4.93. The first kappa shape index (κ1) is 24.5. The summed E-state index contributed by atoms with van der Waals surface area (Å²) in [5, 5.41) is 14.3. The summed E-state index contributed by atoms with van der Waals surface area (Å²) in [5.74, 6) is 0.473. The van der Waals surface area contributed by atoms with Crippen molar-refractivity contribution in [2.45, 2.75) is 65.3 Å². The Kier molecular flexibility index (Phi) is 8.77. The molecule has 0 bridgehead atoms. The Morgan fingerprint density at radius 1 is 0.920 bits per heavy atom. The molecule has 2 rings (SSSR count). The van der Waals surface area contributed by atoms with Crippen molar-refractivity contribution in [3.8, 4) is 5.75 Å². The first-order valence-electron chi connectivity index (χ1n) is 8.84. The summed E-state index contributed by atoms with van der Waals surface area (Å²) in [6.45, 7) is 19.6. The largest absolute Gasteiger partial charge is 0.507 e. The van der Waals surface area contributed by atoms with Gasteiger partial charge in [0.05, 0.1) is 0 Å². The molecule has 1 saturated heterocycles. The van der Waals surface area contributed by atoms with Gasteiger partial charge < -0.3 is 10.4 Å². The fraction of sp³-hybridized carbons (Fsp3) is 0.700. The number of phenols is 1. The molecule has 1 fully saturated rings. The maximum Gasteiger partial charge on any atom is 0.123 e. The van der Waals surface area contributed by atoms with Crippen LogP contribution in [0.2, 0.25) is 0 Å². The number of phenolic OH excluding ortho intramolecular Hbond substituents is 1. The van der Waals surface area contributed by atoms with E-state index < -0.39 is 0 Å². The average Bonchev–Trinajstić information content (AvgIpc) is 2.45. The highest BCUT2D eigenvalue weighted by atomic mass is 35.5. The van der Waals surface area contributed by atoms with Crippen LogP contribution in [0, 0.1) is 0 Å². The van der Waals surface area contributed by atoms with Gasteiger partial charge in [-0.1, -0.05) is 41.5 Å². The molecule has 0 aliphatic carbocycles. The number of nitrogens with one attached hydrogen (secondary N) is 1. The van der Waals surface area contributed by atoms with Crippen LogP contribution < -0.4 is 5.32 Å². The Balaban J connectivity index is 0.00000288. The van der Waals surface area contributed by atoms with Crippen LogP contribution in [0.4, 0.5) is 0 Å². The van der Waals surface area contributed by atoms with Crippen molar-refractivity contribution in [2.24, 2.45) is 0 Å². The van der Waals surface area contributed by atoms with E-state index in [0.717, 1.165) is 37.3 Å². The molecule has 0 aromatic heterocycles. The number of benzene rings is 1. The highest BCUT2D eigenvalue weighted by molar-refractivity contribution is 5.85. The molecule has 0 radical (unpaired) electrons. The number of hydrogen-bond donors (Lipinski definition) is 2. The van der Waals surface area contributed by atoms with Crippen molar-refractivity contribution in [3.05, 3.63) is 28.8 Å². The minimum absolute atomic E-state index is 0. The van der Waals surface area contributed by atoms with E-state index >= 15 is 0 Å². The van der Waals surface area contributed by atoms with Crippen molar-refractivity contribution < 1.29 is 5.11 Å². The Morgan fingerprint density at radius 3 is 1.68 bits per heavy atom. The molecule has 0 amide bonds. The highest BCUT2D eigenvalue weighted by Gasteiger charge is 2.28. The number of hydrogen-bond acceptors (Lipinski definition) is 3. The predicted octanol–water partition coefficient (Wildman–Crippen LogP) is 4.80. The SMILES string of the molecule is C[C@H](c1cc(C(C)(C)C)c(O)c(C(C)(C)C)c1)N1CCNCC1.Cl.Cl. The van der Waals surface area contributed by atoms with Gasteiger partial charge in [0.15, 0.2) is 0 Å². The minimum Gasteiger partial charge on any atom is -0.507 e. The third kappa shape index (κ3) is 5.75. The molecule has 5 heteroatoms. The second kappa shape index (κ2) is 8.94. The summed E-state index contributed by atoms with van der Waals surface area (Å²) in [5.41, 5.74) is 3.30. The zero-order valence-electron chi connectivity index (χ0n) is 16.8. The molecule has 2 N–H and O–H groups in total. The average molecular weight is 391 g/mol. The molecular weight excluding hydrogens is 355 g/mol. The van der Waals surface area contributed by atoms with Gasteiger partial charge in [-0.15, -0.1) is 24.8 Å². The number of aromatic hydroxyl groups is 1. The summed E-state index contributed by atoms with van der Waals surface area (Å²) in [6.07, 6.45) is 0. The van der Waals surface area contributed by atoms with Crippen LogP contribution in [0.5, 0.6) is 5.75 Å². The monoisotopic (exact) mass is 390 g/mol. The van der Waals surface area contributed by atoms with E-state index in [1.165, 1.54) is 5.56 Å². The fourth-order valence-electron chi connectivity index (χ4n) is 3.32. The lowest BCUT2D eigenvalue weighted by atomic mass is 9.77. The predicted molar refractivity (Wildman–Crippen MR) is 113 cm³/mol. The molecule has 0 saturated carbocycles. The van der Waals surface area contributed by atoms with Crippen LogP contribution in [0.3, 0.4) is 0 Å². The first-order chi connectivity index (χ1) is 10.5. The quantitative estimate of drug-likeness (QED) is 0.760. The van der Waals surface area contributed by atoms with E-state index in [-0.39, 0.29) is 35.6 Å². The minimum atomic E-state index is -0.0662.